The van der Waals surface area contributed by atoms with E-state index in [1.807, 2.05) is 0 Å². The van der Waals surface area contributed by atoms with Crippen LogP contribution in [-0.4, -0.2) is 25.2 Å². The number of benzene rings is 2. The highest BCUT2D eigenvalue weighted by atomic mass is 35.5. The normalized spacial score (nSPS) is 10.9. The molecule has 0 heterocycles. The number of azo groups is 1. The molecule has 0 saturated heterocycles. The van der Waals surface area contributed by atoms with E-state index in [1.54, 1.807) is 13.8 Å². The van der Waals surface area contributed by atoms with Crippen molar-refractivity contribution in [2.75, 3.05) is 13.2 Å². The third-order valence-corrected chi connectivity index (χ3v) is 3.88. The van der Waals surface area contributed by atoms with Gasteiger partial charge in [0.05, 0.1) is 34.4 Å². The van der Waals surface area contributed by atoms with Crippen LogP contribution in [-0.2, 0) is 9.47 Å². The van der Waals surface area contributed by atoms with Gasteiger partial charge in [-0.2, -0.15) is 0 Å². The van der Waals surface area contributed by atoms with Crippen LogP contribution in [0.15, 0.2) is 34.5 Å². The Hall–Kier alpha value is -2.58. The zero-order chi connectivity index (χ0) is 20.8. The summed E-state index contributed by atoms with van der Waals surface area (Å²) in [7, 11) is 0. The van der Waals surface area contributed by atoms with Crippen LogP contribution in [0.25, 0.3) is 0 Å². The van der Waals surface area contributed by atoms with Crippen molar-refractivity contribution >= 4 is 46.5 Å². The molecule has 28 heavy (non-hydrogen) atoms. The van der Waals surface area contributed by atoms with Crippen LogP contribution in [0, 0.1) is 11.6 Å². The van der Waals surface area contributed by atoms with Gasteiger partial charge in [-0.1, -0.05) is 23.2 Å². The molecular formula is C18H14Cl2F2N2O4. The molecule has 2 rings (SSSR count). The fourth-order valence-corrected chi connectivity index (χ4v) is 2.58. The summed E-state index contributed by atoms with van der Waals surface area (Å²) in [6.07, 6.45) is 0. The third kappa shape index (κ3) is 5.02. The van der Waals surface area contributed by atoms with Gasteiger partial charge in [0, 0.05) is 0 Å². The molecule has 6 nitrogen and oxygen atoms in total. The molecule has 0 aromatic heterocycles. The quantitative estimate of drug-likeness (QED) is 0.413. The van der Waals surface area contributed by atoms with Gasteiger partial charge in [0.25, 0.3) is 0 Å². The van der Waals surface area contributed by atoms with Gasteiger partial charge >= 0.3 is 11.9 Å². The first-order valence-corrected chi connectivity index (χ1v) is 8.78. The maximum Gasteiger partial charge on any atom is 0.338 e. The molecule has 0 atom stereocenters. The summed E-state index contributed by atoms with van der Waals surface area (Å²) in [5.74, 6) is -3.43. The Morgan fingerprint density at radius 1 is 0.821 bits per heavy atom. The zero-order valence-corrected chi connectivity index (χ0v) is 16.3. The zero-order valence-electron chi connectivity index (χ0n) is 14.8. The Morgan fingerprint density at radius 3 is 1.46 bits per heavy atom. The number of esters is 2. The van der Waals surface area contributed by atoms with Crippen molar-refractivity contribution < 1.29 is 27.8 Å². The van der Waals surface area contributed by atoms with Crippen molar-refractivity contribution in [2.45, 2.75) is 13.8 Å². The molecule has 0 aliphatic rings. The second-order valence-corrected chi connectivity index (χ2v) is 6.03. The molecule has 0 bridgehead atoms. The summed E-state index contributed by atoms with van der Waals surface area (Å²) in [5.41, 5.74) is -1.04. The molecule has 0 spiro atoms. The van der Waals surface area contributed by atoms with Crippen LogP contribution >= 0.6 is 23.2 Å². The van der Waals surface area contributed by atoms with Crippen molar-refractivity contribution in [3.63, 3.8) is 0 Å². The first kappa shape index (κ1) is 21.7. The smallest absolute Gasteiger partial charge is 0.338 e. The van der Waals surface area contributed by atoms with Gasteiger partial charge in [-0.3, -0.25) is 0 Å². The highest BCUT2D eigenvalue weighted by Crippen LogP contribution is 2.35. The minimum absolute atomic E-state index is 0.105. The third-order valence-electron chi connectivity index (χ3n) is 3.31. The number of rotatable bonds is 6. The fraction of sp³-hybridized carbons (Fsp3) is 0.222. The van der Waals surface area contributed by atoms with Gasteiger partial charge in [-0.25, -0.2) is 18.4 Å². The van der Waals surface area contributed by atoms with Crippen molar-refractivity contribution in [1.29, 1.82) is 0 Å². The van der Waals surface area contributed by atoms with Crippen molar-refractivity contribution in [3.8, 4) is 0 Å². The molecule has 0 radical (unpaired) electrons. The number of hydrogen-bond acceptors (Lipinski definition) is 6. The maximum absolute atomic E-state index is 14.2. The van der Waals surface area contributed by atoms with Crippen molar-refractivity contribution in [3.05, 3.63) is 57.1 Å². The summed E-state index contributed by atoms with van der Waals surface area (Å²) >= 11 is 11.9. The van der Waals surface area contributed by atoms with Gasteiger partial charge < -0.3 is 9.47 Å². The predicted octanol–water partition coefficient (Wildman–Crippen LogP) is 6.04. The van der Waals surface area contributed by atoms with E-state index in [-0.39, 0.29) is 34.4 Å². The average Bonchev–Trinajstić information content (AvgIpc) is 2.62. The van der Waals surface area contributed by atoms with Crippen LogP contribution in [0.3, 0.4) is 0 Å². The number of halogens is 4. The molecular weight excluding hydrogens is 417 g/mol. The first-order valence-electron chi connectivity index (χ1n) is 8.02. The Bertz CT molecular complexity index is 830. The van der Waals surface area contributed by atoms with E-state index in [0.29, 0.717) is 0 Å². The molecule has 0 fully saturated rings. The fourth-order valence-electron chi connectivity index (χ4n) is 2.09. The topological polar surface area (TPSA) is 77.3 Å². The molecule has 2 aromatic carbocycles. The van der Waals surface area contributed by atoms with Gasteiger partial charge in [-0.05, 0) is 38.1 Å². The Balaban J connectivity index is 2.36. The van der Waals surface area contributed by atoms with Crippen LogP contribution in [0.4, 0.5) is 20.2 Å². The molecule has 0 saturated carbocycles. The van der Waals surface area contributed by atoms with E-state index < -0.39 is 34.9 Å². The highest BCUT2D eigenvalue weighted by Gasteiger charge is 2.17. The molecule has 148 valence electrons. The van der Waals surface area contributed by atoms with Crippen molar-refractivity contribution in [2.24, 2.45) is 10.2 Å². The van der Waals surface area contributed by atoms with E-state index in [9.17, 15) is 18.4 Å². The minimum Gasteiger partial charge on any atom is -0.462 e. The lowest BCUT2D eigenvalue weighted by Gasteiger charge is -2.06. The van der Waals surface area contributed by atoms with Crippen molar-refractivity contribution in [1.82, 2.24) is 0 Å². The SMILES string of the molecule is CCOC(=O)c1cc(F)c(N=Nc2c(F)cc(C(=O)OCC)cc2Cl)c(Cl)c1. The summed E-state index contributed by atoms with van der Waals surface area (Å²) in [6, 6.07) is 4.05. The van der Waals surface area contributed by atoms with E-state index >= 15 is 0 Å². The number of carbonyl (C=O) groups is 2. The van der Waals surface area contributed by atoms with Crippen LogP contribution in [0.5, 0.6) is 0 Å². The molecule has 0 N–H and O–H groups in total. The predicted molar refractivity (Wildman–Crippen MR) is 98.9 cm³/mol. The van der Waals surface area contributed by atoms with E-state index in [1.165, 1.54) is 0 Å². The van der Waals surface area contributed by atoms with E-state index in [0.717, 1.165) is 24.3 Å². The van der Waals surface area contributed by atoms with E-state index in [4.69, 9.17) is 32.7 Å². The van der Waals surface area contributed by atoms with Gasteiger partial charge in [0.15, 0.2) is 11.6 Å². The van der Waals surface area contributed by atoms with Gasteiger partial charge in [-0.15, -0.1) is 10.2 Å². The number of nitrogens with zero attached hydrogens (tertiary/aromatic N) is 2. The van der Waals surface area contributed by atoms with Gasteiger partial charge in [0.2, 0.25) is 0 Å². The standard InChI is InChI=1S/C18H14Cl2F2N2O4/c1-3-27-17(25)9-5-11(19)15(13(21)7-9)23-24-16-12(20)6-10(8-14(16)22)18(26)28-4-2/h5-8H,3-4H2,1-2H3. The molecule has 2 aromatic rings. The largest absolute Gasteiger partial charge is 0.462 e. The number of ether oxygens (including phenoxy) is 2. The van der Waals surface area contributed by atoms with Crippen LogP contribution < -0.4 is 0 Å². The Kier molecular flexibility index (Phi) is 7.42. The van der Waals surface area contributed by atoms with E-state index in [2.05, 4.69) is 10.2 Å². The minimum atomic E-state index is -0.959. The molecule has 0 amide bonds. The van der Waals surface area contributed by atoms with Gasteiger partial charge in [0.1, 0.15) is 11.4 Å². The second-order valence-electron chi connectivity index (χ2n) is 5.22. The average molecular weight is 431 g/mol. The summed E-state index contributed by atoms with van der Waals surface area (Å²) in [6.45, 7) is 3.42. The lowest BCUT2D eigenvalue weighted by atomic mass is 10.2. The number of hydrogen-bond donors (Lipinski definition) is 0. The number of carbonyl (C=O) groups excluding carboxylic acids is 2. The van der Waals surface area contributed by atoms with Crippen LogP contribution in [0.1, 0.15) is 34.6 Å². The van der Waals surface area contributed by atoms with Crippen LogP contribution in [0.2, 0.25) is 10.0 Å². The summed E-state index contributed by atoms with van der Waals surface area (Å²) < 4.78 is 38.0. The summed E-state index contributed by atoms with van der Waals surface area (Å²) in [5, 5.41) is 6.70. The Morgan fingerprint density at radius 2 is 1.18 bits per heavy atom. The lowest BCUT2D eigenvalue weighted by Crippen LogP contribution is -2.05. The highest BCUT2D eigenvalue weighted by molar-refractivity contribution is 6.33. The molecule has 0 unspecified atom stereocenters. The summed E-state index contributed by atoms with van der Waals surface area (Å²) in [4.78, 5) is 23.3. The first-order chi connectivity index (χ1) is 13.3. The molecule has 0 aliphatic carbocycles. The lowest BCUT2D eigenvalue weighted by molar-refractivity contribution is 0.0516. The Labute approximate surface area is 169 Å². The monoisotopic (exact) mass is 430 g/mol. The molecule has 10 heteroatoms. The molecule has 0 aliphatic heterocycles. The maximum atomic E-state index is 14.2. The second kappa shape index (κ2) is 9.57.